The van der Waals surface area contributed by atoms with Gasteiger partial charge in [0.1, 0.15) is 6.17 Å². The van der Waals surface area contributed by atoms with Crippen molar-refractivity contribution in [1.82, 2.24) is 9.72 Å². The highest BCUT2D eigenvalue weighted by Gasteiger charge is 2.20. The van der Waals surface area contributed by atoms with E-state index in [1.165, 1.54) is 49.2 Å². The molecule has 3 heterocycles. The fourth-order valence-electron chi connectivity index (χ4n) is 6.71. The molecule has 202 valence electrons. The maximum atomic E-state index is 5.07. The molecule has 0 fully saturated rings. The molecule has 0 amide bonds. The van der Waals surface area contributed by atoms with Crippen LogP contribution in [0.3, 0.4) is 0 Å². The van der Waals surface area contributed by atoms with Crippen LogP contribution in [0.1, 0.15) is 22.9 Å². The van der Waals surface area contributed by atoms with Crippen LogP contribution < -0.4 is 5.32 Å². The Balaban J connectivity index is 1.12. The summed E-state index contributed by atoms with van der Waals surface area (Å²) in [4.78, 5) is 5.07. The van der Waals surface area contributed by atoms with E-state index in [1.807, 2.05) is 12.1 Å². The van der Waals surface area contributed by atoms with Crippen LogP contribution in [0, 0.1) is 0 Å². The van der Waals surface area contributed by atoms with Crippen LogP contribution in [-0.2, 0) is 0 Å². The first-order valence-corrected chi connectivity index (χ1v) is 14.8. The van der Waals surface area contributed by atoms with Crippen LogP contribution >= 0.6 is 0 Å². The maximum Gasteiger partial charge on any atom is 0.145 e. The Kier molecular flexibility index (Phi) is 5.26. The fraction of sp³-hybridized carbons (Fsp3) is 0.0250. The lowest BCUT2D eigenvalue weighted by molar-refractivity contribution is 0.664. The molecule has 0 saturated heterocycles. The maximum absolute atomic E-state index is 5.07. The Morgan fingerprint density at radius 2 is 1.12 bits per heavy atom. The Bertz CT molecular complexity index is 2340. The average Bonchev–Trinajstić information content (AvgIpc) is 3.61. The molecule has 0 saturated carbocycles. The molecule has 1 aliphatic heterocycles. The molecule has 1 atom stereocenters. The summed E-state index contributed by atoms with van der Waals surface area (Å²) in [6.07, 6.45) is 2.02. The van der Waals surface area contributed by atoms with Gasteiger partial charge in [0.2, 0.25) is 0 Å². The van der Waals surface area contributed by atoms with E-state index in [1.54, 1.807) is 0 Å². The number of allylic oxidation sites excluding steroid dienone is 1. The molecule has 1 N–H and O–H groups in total. The number of rotatable bonds is 4. The van der Waals surface area contributed by atoms with Gasteiger partial charge in [0, 0.05) is 27.2 Å². The molecule has 2 aromatic heterocycles. The number of benzene rings is 6. The molecule has 0 aliphatic carbocycles. The lowest BCUT2D eigenvalue weighted by atomic mass is 9.98. The predicted octanol–water partition coefficient (Wildman–Crippen LogP) is 9.64. The second-order valence-electron chi connectivity index (χ2n) is 11.3. The molecule has 0 radical (unpaired) electrons. The average molecular weight is 550 g/mol. The summed E-state index contributed by atoms with van der Waals surface area (Å²) in [6.45, 7) is 0. The molecule has 1 aliphatic rings. The molecule has 8 aromatic rings. The van der Waals surface area contributed by atoms with E-state index in [9.17, 15) is 0 Å². The standard InChI is InChI=1S/C40H27N3/c1-3-10-27(11-4-1)35-25-36(42-40(41-35)29-12-5-2-6-13-29)28-20-18-26(19-21-28)30-22-23-32-34-16-9-15-33-31-14-7-8-17-37(31)43(39(33)34)38(32)24-30/h1-25,40,42H. The SMILES string of the molecule is C1=C(c2ccc(-c3ccc4c5cccc6c7ccccc7n(c4c3)c65)cc2)NC(c2ccccc2)N=C1c1ccccc1. The van der Waals surface area contributed by atoms with E-state index < -0.39 is 0 Å². The van der Waals surface area contributed by atoms with Crippen LogP contribution in [0.2, 0.25) is 0 Å². The van der Waals surface area contributed by atoms with E-state index in [-0.39, 0.29) is 6.17 Å². The molecule has 0 spiro atoms. The van der Waals surface area contributed by atoms with Crippen molar-refractivity contribution in [2.45, 2.75) is 6.17 Å². The summed E-state index contributed by atoms with van der Waals surface area (Å²) in [5.74, 6) is 0. The first kappa shape index (κ1) is 24.0. The van der Waals surface area contributed by atoms with Gasteiger partial charge in [-0.3, -0.25) is 4.99 Å². The van der Waals surface area contributed by atoms with Gasteiger partial charge in [-0.25, -0.2) is 0 Å². The van der Waals surface area contributed by atoms with Crippen LogP contribution in [-0.4, -0.2) is 10.1 Å². The minimum absolute atomic E-state index is 0.150. The summed E-state index contributed by atoms with van der Waals surface area (Å²) in [5, 5.41) is 8.91. The monoisotopic (exact) mass is 549 g/mol. The van der Waals surface area contributed by atoms with Crippen molar-refractivity contribution < 1.29 is 0 Å². The zero-order chi connectivity index (χ0) is 28.3. The number of aliphatic imine (C=N–C) groups is 1. The number of nitrogens with zero attached hydrogens (tertiary/aromatic N) is 2. The number of hydrogen-bond acceptors (Lipinski definition) is 2. The van der Waals surface area contributed by atoms with E-state index in [4.69, 9.17) is 4.99 Å². The van der Waals surface area contributed by atoms with Crippen molar-refractivity contribution in [1.29, 1.82) is 0 Å². The van der Waals surface area contributed by atoms with Crippen molar-refractivity contribution in [2.24, 2.45) is 4.99 Å². The van der Waals surface area contributed by atoms with Gasteiger partial charge in [-0.1, -0.05) is 133 Å². The number of nitrogens with one attached hydrogen (secondary N) is 1. The zero-order valence-electron chi connectivity index (χ0n) is 23.4. The Morgan fingerprint density at radius 1 is 0.488 bits per heavy atom. The lowest BCUT2D eigenvalue weighted by Gasteiger charge is -2.25. The van der Waals surface area contributed by atoms with Crippen LogP contribution in [0.5, 0.6) is 0 Å². The highest BCUT2D eigenvalue weighted by Crippen LogP contribution is 2.40. The lowest BCUT2D eigenvalue weighted by Crippen LogP contribution is -2.24. The summed E-state index contributed by atoms with van der Waals surface area (Å²) < 4.78 is 2.44. The molecular weight excluding hydrogens is 522 g/mol. The minimum atomic E-state index is -0.150. The normalized spacial score (nSPS) is 15.2. The van der Waals surface area contributed by atoms with Crippen LogP contribution in [0.15, 0.2) is 157 Å². The van der Waals surface area contributed by atoms with Gasteiger partial charge in [-0.15, -0.1) is 0 Å². The Labute approximate surface area is 249 Å². The summed E-state index contributed by atoms with van der Waals surface area (Å²) in [7, 11) is 0. The van der Waals surface area contributed by atoms with Crippen LogP contribution in [0.25, 0.3) is 54.9 Å². The van der Waals surface area contributed by atoms with Crippen LogP contribution in [0.4, 0.5) is 0 Å². The third kappa shape index (κ3) is 3.79. The largest absolute Gasteiger partial charge is 0.360 e. The number of fused-ring (bicyclic) bond motifs is 6. The molecule has 3 heteroatoms. The smallest absolute Gasteiger partial charge is 0.145 e. The van der Waals surface area contributed by atoms with Gasteiger partial charge in [0.15, 0.2) is 0 Å². The minimum Gasteiger partial charge on any atom is -0.360 e. The summed E-state index contributed by atoms with van der Waals surface area (Å²) in [6, 6.07) is 52.0. The highest BCUT2D eigenvalue weighted by molar-refractivity contribution is 6.23. The topological polar surface area (TPSA) is 28.8 Å². The van der Waals surface area contributed by atoms with Gasteiger partial charge in [-0.05, 0) is 46.0 Å². The molecular formula is C40H27N3. The predicted molar refractivity (Wildman–Crippen MR) is 180 cm³/mol. The third-order valence-corrected chi connectivity index (χ3v) is 8.78. The van der Waals surface area contributed by atoms with Crippen molar-refractivity contribution in [3.63, 3.8) is 0 Å². The number of hydrogen-bond donors (Lipinski definition) is 1. The van der Waals surface area contributed by atoms with Gasteiger partial charge in [0.05, 0.1) is 22.3 Å². The quantitative estimate of drug-likeness (QED) is 0.233. The van der Waals surface area contributed by atoms with Gasteiger partial charge < -0.3 is 9.72 Å². The molecule has 6 aromatic carbocycles. The number of aromatic nitrogens is 1. The first-order chi connectivity index (χ1) is 21.3. The van der Waals surface area contributed by atoms with Gasteiger partial charge >= 0.3 is 0 Å². The van der Waals surface area contributed by atoms with Crippen molar-refractivity contribution in [3.05, 3.63) is 168 Å². The van der Waals surface area contributed by atoms with Crippen molar-refractivity contribution >= 4 is 49.5 Å². The highest BCUT2D eigenvalue weighted by atomic mass is 15.1. The van der Waals surface area contributed by atoms with Crippen molar-refractivity contribution in [3.8, 4) is 11.1 Å². The zero-order valence-corrected chi connectivity index (χ0v) is 23.4. The molecule has 1 unspecified atom stereocenters. The third-order valence-electron chi connectivity index (χ3n) is 8.78. The Morgan fingerprint density at radius 3 is 1.91 bits per heavy atom. The molecule has 3 nitrogen and oxygen atoms in total. The van der Waals surface area contributed by atoms with E-state index in [0.29, 0.717) is 0 Å². The van der Waals surface area contributed by atoms with Crippen molar-refractivity contribution in [2.75, 3.05) is 0 Å². The number of para-hydroxylation sites is 2. The Hall–Kier alpha value is -5.67. The first-order valence-electron chi connectivity index (χ1n) is 14.8. The van der Waals surface area contributed by atoms with E-state index in [0.717, 1.165) is 28.1 Å². The second kappa shape index (κ2) is 9.43. The molecule has 9 rings (SSSR count). The fourth-order valence-corrected chi connectivity index (χ4v) is 6.71. The van der Waals surface area contributed by atoms with Gasteiger partial charge in [0.25, 0.3) is 0 Å². The summed E-state index contributed by atoms with van der Waals surface area (Å²) in [5.41, 5.74) is 11.7. The van der Waals surface area contributed by atoms with Gasteiger partial charge in [-0.2, -0.15) is 0 Å². The second-order valence-corrected chi connectivity index (χ2v) is 11.3. The summed E-state index contributed by atoms with van der Waals surface area (Å²) >= 11 is 0. The van der Waals surface area contributed by atoms with E-state index >= 15 is 0 Å². The molecule has 43 heavy (non-hydrogen) atoms. The van der Waals surface area contributed by atoms with E-state index in [2.05, 4.69) is 149 Å². The molecule has 0 bridgehead atoms.